The highest BCUT2D eigenvalue weighted by molar-refractivity contribution is 5.17. The second-order valence-corrected chi connectivity index (χ2v) is 4.92. The lowest BCUT2D eigenvalue weighted by Crippen LogP contribution is -2.21. The molecular weight excluding hydrogens is 248 g/mol. The van der Waals surface area contributed by atoms with Crippen LogP contribution in [0, 0.1) is 17.6 Å². The van der Waals surface area contributed by atoms with Crippen LogP contribution in [-0.4, -0.2) is 26.8 Å². The quantitative estimate of drug-likeness (QED) is 0.697. The lowest BCUT2D eigenvalue weighted by molar-refractivity contribution is 0.199. The molecule has 0 heterocycles. The molecule has 1 aromatic carbocycles. The van der Waals surface area contributed by atoms with E-state index in [9.17, 15) is 8.78 Å². The summed E-state index contributed by atoms with van der Waals surface area (Å²) in [6, 6.07) is 4.14. The first kappa shape index (κ1) is 16.1. The van der Waals surface area contributed by atoms with Crippen LogP contribution in [0.25, 0.3) is 0 Å². The Bertz CT molecular complexity index is 371. The topological polar surface area (TPSA) is 21.3 Å². The molecule has 0 aliphatic rings. The van der Waals surface area contributed by atoms with Gasteiger partial charge >= 0.3 is 0 Å². The van der Waals surface area contributed by atoms with Crippen LogP contribution in [0.5, 0.6) is 0 Å². The third kappa shape index (κ3) is 6.64. The number of benzene rings is 1. The Balaban J connectivity index is 2.18. The fourth-order valence-electron chi connectivity index (χ4n) is 1.90. The first-order valence-electron chi connectivity index (χ1n) is 6.77. The van der Waals surface area contributed by atoms with Crippen LogP contribution >= 0.6 is 0 Å². The third-order valence-electron chi connectivity index (χ3n) is 3.21. The van der Waals surface area contributed by atoms with E-state index in [0.717, 1.165) is 44.5 Å². The van der Waals surface area contributed by atoms with Crippen molar-refractivity contribution in [3.63, 3.8) is 0 Å². The number of rotatable bonds is 9. The SMILES string of the molecule is COCCNCCC(C)CCc1ccc(F)c(F)c1. The Morgan fingerprint density at radius 2 is 1.95 bits per heavy atom. The number of hydrogen-bond donors (Lipinski definition) is 1. The van der Waals surface area contributed by atoms with Gasteiger partial charge in [0.15, 0.2) is 11.6 Å². The first-order valence-corrected chi connectivity index (χ1v) is 6.77. The molecule has 0 amide bonds. The van der Waals surface area contributed by atoms with Crippen LogP contribution in [0.15, 0.2) is 18.2 Å². The van der Waals surface area contributed by atoms with E-state index < -0.39 is 11.6 Å². The zero-order valence-electron chi connectivity index (χ0n) is 11.7. The molecular formula is C15H23F2NO. The maximum atomic E-state index is 13.0. The molecule has 0 spiro atoms. The minimum atomic E-state index is -0.779. The second-order valence-electron chi connectivity index (χ2n) is 4.92. The minimum Gasteiger partial charge on any atom is -0.383 e. The molecule has 19 heavy (non-hydrogen) atoms. The predicted molar refractivity (Wildman–Crippen MR) is 73.2 cm³/mol. The smallest absolute Gasteiger partial charge is 0.159 e. The van der Waals surface area contributed by atoms with Crippen LogP contribution < -0.4 is 5.32 Å². The monoisotopic (exact) mass is 271 g/mol. The summed E-state index contributed by atoms with van der Waals surface area (Å²) in [4.78, 5) is 0. The van der Waals surface area contributed by atoms with Gasteiger partial charge in [0.1, 0.15) is 0 Å². The Kier molecular flexibility index (Phi) is 7.60. The van der Waals surface area contributed by atoms with Crippen molar-refractivity contribution in [3.8, 4) is 0 Å². The van der Waals surface area contributed by atoms with Gasteiger partial charge in [0, 0.05) is 13.7 Å². The zero-order chi connectivity index (χ0) is 14.1. The molecule has 1 N–H and O–H groups in total. The molecule has 0 fully saturated rings. The molecule has 2 nitrogen and oxygen atoms in total. The summed E-state index contributed by atoms with van der Waals surface area (Å²) in [5.74, 6) is -0.978. The van der Waals surface area contributed by atoms with Gasteiger partial charge in [0.25, 0.3) is 0 Å². The molecule has 1 unspecified atom stereocenters. The number of methoxy groups -OCH3 is 1. The molecule has 0 saturated carbocycles. The summed E-state index contributed by atoms with van der Waals surface area (Å²) in [7, 11) is 1.69. The van der Waals surface area contributed by atoms with E-state index in [1.165, 1.54) is 12.1 Å². The van der Waals surface area contributed by atoms with Gasteiger partial charge in [-0.3, -0.25) is 0 Å². The number of hydrogen-bond acceptors (Lipinski definition) is 2. The van der Waals surface area contributed by atoms with Gasteiger partial charge in [-0.2, -0.15) is 0 Å². The molecule has 0 saturated heterocycles. The predicted octanol–water partition coefficient (Wildman–Crippen LogP) is 3.16. The van der Waals surface area contributed by atoms with E-state index in [2.05, 4.69) is 12.2 Å². The highest BCUT2D eigenvalue weighted by atomic mass is 19.2. The Labute approximate surface area is 114 Å². The van der Waals surface area contributed by atoms with Crippen LogP contribution in [0.1, 0.15) is 25.3 Å². The molecule has 4 heteroatoms. The van der Waals surface area contributed by atoms with E-state index in [1.54, 1.807) is 13.2 Å². The summed E-state index contributed by atoms with van der Waals surface area (Å²) in [5.41, 5.74) is 0.859. The van der Waals surface area contributed by atoms with Crippen LogP contribution in [0.2, 0.25) is 0 Å². The Morgan fingerprint density at radius 1 is 1.16 bits per heavy atom. The summed E-state index contributed by atoms with van der Waals surface area (Å²) in [6.45, 7) is 4.73. The molecule has 0 aliphatic carbocycles. The van der Waals surface area contributed by atoms with Crippen molar-refractivity contribution in [3.05, 3.63) is 35.4 Å². The number of nitrogens with one attached hydrogen (secondary N) is 1. The van der Waals surface area contributed by atoms with Gasteiger partial charge in [0.2, 0.25) is 0 Å². The summed E-state index contributed by atoms with van der Waals surface area (Å²) >= 11 is 0. The lowest BCUT2D eigenvalue weighted by atomic mass is 9.98. The molecule has 1 atom stereocenters. The summed E-state index contributed by atoms with van der Waals surface area (Å²) < 4.78 is 30.7. The van der Waals surface area contributed by atoms with Crippen LogP contribution in [0.3, 0.4) is 0 Å². The Morgan fingerprint density at radius 3 is 2.63 bits per heavy atom. The molecule has 0 bridgehead atoms. The van der Waals surface area contributed by atoms with Crippen LogP contribution in [0.4, 0.5) is 8.78 Å². The van der Waals surface area contributed by atoms with E-state index in [-0.39, 0.29) is 0 Å². The van der Waals surface area contributed by atoms with E-state index in [0.29, 0.717) is 5.92 Å². The normalized spacial score (nSPS) is 12.6. The fourth-order valence-corrected chi connectivity index (χ4v) is 1.90. The first-order chi connectivity index (χ1) is 9.13. The van der Waals surface area contributed by atoms with Crippen molar-refractivity contribution in [1.29, 1.82) is 0 Å². The third-order valence-corrected chi connectivity index (χ3v) is 3.21. The molecule has 0 radical (unpaired) electrons. The van der Waals surface area contributed by atoms with E-state index in [1.807, 2.05) is 0 Å². The van der Waals surface area contributed by atoms with Crippen molar-refractivity contribution in [1.82, 2.24) is 5.32 Å². The highest BCUT2D eigenvalue weighted by Gasteiger charge is 2.05. The van der Waals surface area contributed by atoms with Crippen molar-refractivity contribution >= 4 is 0 Å². The van der Waals surface area contributed by atoms with Crippen molar-refractivity contribution in [2.24, 2.45) is 5.92 Å². The Hall–Kier alpha value is -1.00. The molecule has 1 rings (SSSR count). The van der Waals surface area contributed by atoms with Gasteiger partial charge in [-0.15, -0.1) is 0 Å². The van der Waals surface area contributed by atoms with Gasteiger partial charge in [-0.05, 0) is 49.4 Å². The van der Waals surface area contributed by atoms with Gasteiger partial charge < -0.3 is 10.1 Å². The number of halogens is 2. The molecule has 1 aromatic rings. The van der Waals surface area contributed by atoms with Gasteiger partial charge in [-0.1, -0.05) is 13.0 Å². The average molecular weight is 271 g/mol. The second kappa shape index (κ2) is 8.99. The standard InChI is InChI=1S/C15H23F2NO/c1-12(7-8-18-9-10-19-2)3-4-13-5-6-14(16)15(17)11-13/h5-6,11-12,18H,3-4,7-10H2,1-2H3. The summed E-state index contributed by atoms with van der Waals surface area (Å²) in [6.07, 6.45) is 2.85. The maximum absolute atomic E-state index is 13.0. The van der Waals surface area contributed by atoms with Crippen LogP contribution in [-0.2, 0) is 11.2 Å². The van der Waals surface area contributed by atoms with E-state index >= 15 is 0 Å². The highest BCUT2D eigenvalue weighted by Crippen LogP contribution is 2.14. The van der Waals surface area contributed by atoms with Gasteiger partial charge in [0.05, 0.1) is 6.61 Å². The minimum absolute atomic E-state index is 0.558. The fraction of sp³-hybridized carbons (Fsp3) is 0.600. The van der Waals surface area contributed by atoms with Crippen molar-refractivity contribution in [2.45, 2.75) is 26.2 Å². The summed E-state index contributed by atoms with van der Waals surface area (Å²) in [5, 5.41) is 3.30. The number of aryl methyl sites for hydroxylation is 1. The maximum Gasteiger partial charge on any atom is 0.159 e. The average Bonchev–Trinajstić information content (AvgIpc) is 2.40. The molecule has 0 aromatic heterocycles. The van der Waals surface area contributed by atoms with Crippen molar-refractivity contribution < 1.29 is 13.5 Å². The van der Waals surface area contributed by atoms with Crippen molar-refractivity contribution in [2.75, 3.05) is 26.8 Å². The zero-order valence-corrected chi connectivity index (χ0v) is 11.7. The molecule has 0 aliphatic heterocycles. The molecule has 108 valence electrons. The largest absolute Gasteiger partial charge is 0.383 e. The lowest BCUT2D eigenvalue weighted by Gasteiger charge is -2.12. The van der Waals surface area contributed by atoms with E-state index in [4.69, 9.17) is 4.74 Å². The van der Waals surface area contributed by atoms with Gasteiger partial charge in [-0.25, -0.2) is 8.78 Å². The number of ether oxygens (including phenoxy) is 1.